The fourth-order valence-corrected chi connectivity index (χ4v) is 2.85. The molecule has 2 rings (SSSR count). The Kier molecular flexibility index (Phi) is 4.19. The van der Waals surface area contributed by atoms with E-state index in [0.29, 0.717) is 0 Å². The maximum Gasteiger partial charge on any atom is 0.0300 e. The van der Waals surface area contributed by atoms with Crippen molar-refractivity contribution in [2.24, 2.45) is 11.7 Å². The fraction of sp³-hybridized carbons (Fsp3) is 0.600. The zero-order valence-corrected chi connectivity index (χ0v) is 11.0. The Hall–Kier alpha value is -0.860. The summed E-state index contributed by atoms with van der Waals surface area (Å²) in [6.07, 6.45) is 3.68. The second kappa shape index (κ2) is 5.65. The molecule has 1 fully saturated rings. The third-order valence-corrected chi connectivity index (χ3v) is 3.87. The van der Waals surface area contributed by atoms with Gasteiger partial charge in [0.25, 0.3) is 0 Å². The van der Waals surface area contributed by atoms with Crippen LogP contribution in [0.1, 0.15) is 42.0 Å². The quantitative estimate of drug-likeness (QED) is 0.841. The van der Waals surface area contributed by atoms with Crippen LogP contribution in [0.15, 0.2) is 18.2 Å². The molecule has 1 saturated heterocycles. The van der Waals surface area contributed by atoms with E-state index in [1.807, 2.05) is 0 Å². The predicted octanol–water partition coefficient (Wildman–Crippen LogP) is 2.69. The highest BCUT2D eigenvalue weighted by atomic mass is 14.9. The van der Waals surface area contributed by atoms with Gasteiger partial charge in [0.15, 0.2) is 0 Å². The average molecular weight is 232 g/mol. The van der Waals surface area contributed by atoms with Crippen molar-refractivity contribution in [2.75, 3.05) is 13.1 Å². The summed E-state index contributed by atoms with van der Waals surface area (Å²) in [6.45, 7) is 6.62. The van der Waals surface area contributed by atoms with Gasteiger partial charge in [-0.2, -0.15) is 0 Å². The zero-order valence-electron chi connectivity index (χ0n) is 11.0. The molecule has 17 heavy (non-hydrogen) atoms. The van der Waals surface area contributed by atoms with Crippen LogP contribution in [0.2, 0.25) is 0 Å². The van der Waals surface area contributed by atoms with Gasteiger partial charge in [0.1, 0.15) is 0 Å². The smallest absolute Gasteiger partial charge is 0.0300 e. The number of benzene rings is 1. The Morgan fingerprint density at radius 2 is 2.00 bits per heavy atom. The van der Waals surface area contributed by atoms with Gasteiger partial charge in [-0.15, -0.1) is 0 Å². The van der Waals surface area contributed by atoms with E-state index in [2.05, 4.69) is 37.4 Å². The van der Waals surface area contributed by atoms with E-state index < -0.39 is 0 Å². The van der Waals surface area contributed by atoms with Crippen LogP contribution < -0.4 is 11.1 Å². The molecule has 0 amide bonds. The summed E-state index contributed by atoms with van der Waals surface area (Å²) in [5.74, 6) is 0.798. The van der Waals surface area contributed by atoms with E-state index in [9.17, 15) is 0 Å². The molecule has 0 spiro atoms. The standard InChI is InChI=1S/C15H24N2/c1-11-3-4-14(12(2)9-11)15(16)10-13-5-7-17-8-6-13/h3-4,9,13,15,17H,5-8,10,16H2,1-2H3. The second-order valence-electron chi connectivity index (χ2n) is 5.40. The maximum atomic E-state index is 6.36. The SMILES string of the molecule is Cc1ccc(C(N)CC2CCNCC2)c(C)c1. The monoisotopic (exact) mass is 232 g/mol. The first-order valence-electron chi connectivity index (χ1n) is 6.70. The largest absolute Gasteiger partial charge is 0.324 e. The highest BCUT2D eigenvalue weighted by molar-refractivity contribution is 5.32. The highest BCUT2D eigenvalue weighted by Gasteiger charge is 2.18. The van der Waals surface area contributed by atoms with Gasteiger partial charge in [0.2, 0.25) is 0 Å². The third kappa shape index (κ3) is 3.30. The van der Waals surface area contributed by atoms with Crippen molar-refractivity contribution in [3.63, 3.8) is 0 Å². The summed E-state index contributed by atoms with van der Waals surface area (Å²) in [5, 5.41) is 3.41. The van der Waals surface area contributed by atoms with Crippen molar-refractivity contribution >= 4 is 0 Å². The Morgan fingerprint density at radius 1 is 1.29 bits per heavy atom. The second-order valence-corrected chi connectivity index (χ2v) is 5.40. The molecule has 0 aromatic heterocycles. The van der Waals surface area contributed by atoms with E-state index in [1.165, 1.54) is 29.5 Å². The van der Waals surface area contributed by atoms with Gasteiger partial charge >= 0.3 is 0 Å². The molecule has 1 aliphatic heterocycles. The van der Waals surface area contributed by atoms with Crippen molar-refractivity contribution in [1.82, 2.24) is 5.32 Å². The van der Waals surface area contributed by atoms with Crippen LogP contribution in [-0.4, -0.2) is 13.1 Å². The van der Waals surface area contributed by atoms with Gasteiger partial charge < -0.3 is 11.1 Å². The fourth-order valence-electron chi connectivity index (χ4n) is 2.85. The Bertz CT molecular complexity index is 367. The lowest BCUT2D eigenvalue weighted by Gasteiger charge is -2.26. The third-order valence-electron chi connectivity index (χ3n) is 3.87. The molecule has 1 heterocycles. The van der Waals surface area contributed by atoms with E-state index in [4.69, 9.17) is 5.73 Å². The molecular formula is C15H24N2. The minimum Gasteiger partial charge on any atom is -0.324 e. The summed E-state index contributed by atoms with van der Waals surface area (Å²) in [6, 6.07) is 6.82. The Balaban J connectivity index is 2.00. The van der Waals surface area contributed by atoms with Crippen molar-refractivity contribution in [3.8, 4) is 0 Å². The van der Waals surface area contributed by atoms with Crippen molar-refractivity contribution < 1.29 is 0 Å². The number of hydrogen-bond donors (Lipinski definition) is 2. The summed E-state index contributed by atoms with van der Waals surface area (Å²) >= 11 is 0. The van der Waals surface area contributed by atoms with Gasteiger partial charge in [-0.05, 0) is 63.2 Å². The van der Waals surface area contributed by atoms with Crippen LogP contribution in [-0.2, 0) is 0 Å². The topological polar surface area (TPSA) is 38.0 Å². The van der Waals surface area contributed by atoms with E-state index in [0.717, 1.165) is 25.4 Å². The number of nitrogens with one attached hydrogen (secondary N) is 1. The van der Waals surface area contributed by atoms with Gasteiger partial charge in [-0.25, -0.2) is 0 Å². The van der Waals surface area contributed by atoms with Crippen LogP contribution in [0.5, 0.6) is 0 Å². The lowest BCUT2D eigenvalue weighted by atomic mass is 9.87. The zero-order chi connectivity index (χ0) is 12.3. The van der Waals surface area contributed by atoms with Gasteiger partial charge in [0, 0.05) is 6.04 Å². The summed E-state index contributed by atoms with van der Waals surface area (Å²) < 4.78 is 0. The van der Waals surface area contributed by atoms with Crippen LogP contribution in [0, 0.1) is 19.8 Å². The molecule has 2 nitrogen and oxygen atoms in total. The minimum absolute atomic E-state index is 0.207. The predicted molar refractivity (Wildman–Crippen MR) is 73.1 cm³/mol. The summed E-state index contributed by atoms with van der Waals surface area (Å²) in [7, 11) is 0. The normalized spacial score (nSPS) is 19.2. The molecule has 1 atom stereocenters. The molecule has 1 aromatic rings. The first-order chi connectivity index (χ1) is 8.16. The molecule has 0 bridgehead atoms. The summed E-state index contributed by atoms with van der Waals surface area (Å²) in [5.41, 5.74) is 10.3. The lowest BCUT2D eigenvalue weighted by Crippen LogP contribution is -2.29. The molecule has 94 valence electrons. The van der Waals surface area contributed by atoms with E-state index in [-0.39, 0.29) is 6.04 Å². The molecule has 1 aromatic carbocycles. The number of aryl methyl sites for hydroxylation is 2. The first-order valence-corrected chi connectivity index (χ1v) is 6.70. The van der Waals surface area contributed by atoms with Crippen LogP contribution in [0.4, 0.5) is 0 Å². The van der Waals surface area contributed by atoms with Crippen LogP contribution in [0.25, 0.3) is 0 Å². The van der Waals surface area contributed by atoms with E-state index in [1.54, 1.807) is 0 Å². The summed E-state index contributed by atoms with van der Waals surface area (Å²) in [4.78, 5) is 0. The molecular weight excluding hydrogens is 208 g/mol. The molecule has 0 saturated carbocycles. The molecule has 1 unspecified atom stereocenters. The molecule has 0 radical (unpaired) electrons. The highest BCUT2D eigenvalue weighted by Crippen LogP contribution is 2.26. The van der Waals surface area contributed by atoms with Crippen molar-refractivity contribution in [3.05, 3.63) is 34.9 Å². The van der Waals surface area contributed by atoms with Crippen LogP contribution >= 0.6 is 0 Å². The van der Waals surface area contributed by atoms with Crippen molar-refractivity contribution in [2.45, 2.75) is 39.2 Å². The number of nitrogens with two attached hydrogens (primary N) is 1. The molecule has 2 heteroatoms. The van der Waals surface area contributed by atoms with Gasteiger partial charge in [0.05, 0.1) is 0 Å². The number of hydrogen-bond acceptors (Lipinski definition) is 2. The number of rotatable bonds is 3. The molecule has 0 aliphatic carbocycles. The molecule has 3 N–H and O–H groups in total. The lowest BCUT2D eigenvalue weighted by molar-refractivity contribution is 0.332. The Morgan fingerprint density at radius 3 is 2.65 bits per heavy atom. The minimum atomic E-state index is 0.207. The van der Waals surface area contributed by atoms with Crippen molar-refractivity contribution in [1.29, 1.82) is 0 Å². The maximum absolute atomic E-state index is 6.36. The van der Waals surface area contributed by atoms with Gasteiger partial charge in [-0.3, -0.25) is 0 Å². The number of piperidine rings is 1. The first kappa shape index (κ1) is 12.6. The molecule has 1 aliphatic rings. The van der Waals surface area contributed by atoms with Gasteiger partial charge in [-0.1, -0.05) is 23.8 Å². The Labute approximate surface area is 105 Å². The van der Waals surface area contributed by atoms with Crippen LogP contribution in [0.3, 0.4) is 0 Å². The van der Waals surface area contributed by atoms with E-state index >= 15 is 0 Å². The average Bonchev–Trinajstić information content (AvgIpc) is 2.30.